The molecule has 0 aliphatic carbocycles. The van der Waals surface area contributed by atoms with Crippen molar-refractivity contribution in [2.45, 2.75) is 69.3 Å². The first kappa shape index (κ1) is 55.6. The Bertz CT molecular complexity index is 2550. The number of amidine groups is 1. The molecule has 4 heterocycles. The summed E-state index contributed by atoms with van der Waals surface area (Å²) in [5.41, 5.74) is 14.9. The van der Waals surface area contributed by atoms with Gasteiger partial charge in [0.2, 0.25) is 5.96 Å². The van der Waals surface area contributed by atoms with Crippen LogP contribution in [0.3, 0.4) is 0 Å². The quantitative estimate of drug-likeness (QED) is 0.0662. The van der Waals surface area contributed by atoms with Crippen molar-refractivity contribution in [1.82, 2.24) is 29.9 Å². The summed E-state index contributed by atoms with van der Waals surface area (Å²) in [5, 5.41) is 23.0. The van der Waals surface area contributed by atoms with Gasteiger partial charge in [0.15, 0.2) is 5.17 Å². The topological polar surface area (TPSA) is 227 Å². The van der Waals surface area contributed by atoms with E-state index in [2.05, 4.69) is 102 Å². The summed E-state index contributed by atoms with van der Waals surface area (Å²) in [7, 11) is -6.61. The summed E-state index contributed by atoms with van der Waals surface area (Å²) in [6, 6.07) is 33.2. The molecule has 20 heteroatoms. The number of sulfonamides is 2. The molecule has 8 rings (SSSR count). The zero-order valence-electron chi connectivity index (χ0n) is 41.2. The number of benzene rings is 4. The highest BCUT2D eigenvalue weighted by atomic mass is 32.2. The van der Waals surface area contributed by atoms with Crippen LogP contribution < -0.4 is 21.5 Å². The number of guanidine groups is 1. The molecule has 2 saturated heterocycles. The van der Waals surface area contributed by atoms with Crippen LogP contribution in [0.15, 0.2) is 139 Å². The van der Waals surface area contributed by atoms with E-state index in [4.69, 9.17) is 16.6 Å². The number of nitrogen functional groups attached to an aromatic ring is 2. The molecule has 7 N–H and O–H groups in total. The third-order valence-electron chi connectivity index (χ3n) is 12.3. The molecule has 0 bridgehead atoms. The second kappa shape index (κ2) is 26.7. The van der Waals surface area contributed by atoms with E-state index in [1.165, 1.54) is 47.2 Å². The van der Waals surface area contributed by atoms with Gasteiger partial charge in [-0.2, -0.15) is 18.6 Å². The molecular weight excluding hydrogens is 945 g/mol. The molecule has 0 atom stereocenters. The minimum absolute atomic E-state index is 0.0331. The fraction of sp³-hybridized carbons (Fsp3) is 0.440. The fourth-order valence-corrected chi connectivity index (χ4v) is 11.2. The van der Waals surface area contributed by atoms with Gasteiger partial charge in [0.25, 0.3) is 20.0 Å². The molecule has 0 unspecified atom stereocenters. The van der Waals surface area contributed by atoms with Gasteiger partial charge in [0, 0.05) is 61.4 Å². The summed E-state index contributed by atoms with van der Waals surface area (Å²) < 4.78 is 57.8. The van der Waals surface area contributed by atoms with Crippen molar-refractivity contribution in [3.8, 4) is 0 Å². The molecule has 17 nitrogen and oxygen atoms in total. The molecule has 0 amide bonds. The van der Waals surface area contributed by atoms with Gasteiger partial charge < -0.3 is 21.9 Å². The molecule has 2 fully saturated rings. The van der Waals surface area contributed by atoms with Gasteiger partial charge >= 0.3 is 0 Å². The van der Waals surface area contributed by atoms with Gasteiger partial charge in [0.05, 0.1) is 22.9 Å². The number of anilines is 2. The first-order valence-electron chi connectivity index (χ1n) is 23.7. The highest BCUT2D eigenvalue weighted by Gasteiger charge is 2.41. The average molecular weight is 1020 g/mol. The lowest BCUT2D eigenvalue weighted by atomic mass is 9.80. The van der Waals surface area contributed by atoms with Gasteiger partial charge in [-0.3, -0.25) is 14.8 Å². The van der Waals surface area contributed by atoms with Crippen molar-refractivity contribution in [2.75, 3.05) is 83.7 Å². The van der Waals surface area contributed by atoms with Crippen LogP contribution in [0, 0.1) is 10.8 Å². The second-order valence-corrected chi connectivity index (χ2v) is 21.5. The third kappa shape index (κ3) is 16.1. The molecule has 4 aliphatic rings. The smallest absolute Gasteiger partial charge is 0.284 e. The Morgan fingerprint density at radius 3 is 1.50 bits per heavy atom. The highest BCUT2D eigenvalue weighted by molar-refractivity contribution is 8.13. The number of nitrogens with zero attached hydrogens (tertiary/aromatic N) is 8. The lowest BCUT2D eigenvalue weighted by molar-refractivity contribution is 0.141. The van der Waals surface area contributed by atoms with Gasteiger partial charge in [-0.15, -0.1) is 4.40 Å². The van der Waals surface area contributed by atoms with Crippen LogP contribution in [0.5, 0.6) is 0 Å². The van der Waals surface area contributed by atoms with Crippen LogP contribution in [0.1, 0.15) is 57.6 Å². The van der Waals surface area contributed by atoms with Crippen molar-refractivity contribution < 1.29 is 21.9 Å². The van der Waals surface area contributed by atoms with E-state index in [1.807, 2.05) is 37.7 Å². The van der Waals surface area contributed by atoms with Crippen LogP contribution >= 0.6 is 11.8 Å². The minimum Gasteiger partial charge on any atom is -0.400 e. The standard InChI is InChI=1S/C23H30N6O2S.C22H27N5O2S2.C4H11N.CH4O/c1-2-25-22(27-32(30,31)21-10-8-20(24)9-11-21)29-18-23(17-26-29)12-14-28(15-13-23)16-19-6-4-3-5-7-19;1-30-21(25-31(28,29)20-9-7-19(23)8-10-20)27-17-22(16-24-27)11-13-26(14-12-22)15-18-5-3-2-4-6-18;1-3-5-4-2;1-2/h3-11,17H,2,12-16,18,24H2,1H3,(H,25,27);2-10,16H,11-15,17,23H2,1H3;5H,3-4H2,1-2H3;2H,1H3. The number of hydrogen-bond donors (Lipinski definition) is 5. The molecule has 4 aromatic rings. The summed E-state index contributed by atoms with van der Waals surface area (Å²) in [5.74, 6) is 0.254. The van der Waals surface area contributed by atoms with Crippen LogP contribution in [-0.2, 0) is 33.1 Å². The third-order valence-corrected chi connectivity index (χ3v) is 15.7. The minimum atomic E-state index is -3.82. The number of likely N-dealkylation sites (tertiary alicyclic amines) is 2. The number of rotatable bonds is 11. The van der Waals surface area contributed by atoms with Crippen molar-refractivity contribution in [2.24, 2.45) is 30.4 Å². The van der Waals surface area contributed by atoms with Gasteiger partial charge in [0.1, 0.15) is 0 Å². The Morgan fingerprint density at radius 1 is 0.657 bits per heavy atom. The van der Waals surface area contributed by atoms with Crippen LogP contribution in [0.25, 0.3) is 0 Å². The zero-order valence-corrected chi connectivity index (χ0v) is 43.6. The first-order chi connectivity index (χ1) is 33.7. The Kier molecular flexibility index (Phi) is 21.2. The maximum Gasteiger partial charge on any atom is 0.284 e. The second-order valence-electron chi connectivity index (χ2n) is 17.4. The lowest BCUT2D eigenvalue weighted by Gasteiger charge is -2.37. The number of aliphatic imine (C=N–C) groups is 1. The van der Waals surface area contributed by atoms with Crippen LogP contribution in [0.4, 0.5) is 11.4 Å². The molecule has 4 aromatic carbocycles. The normalized spacial score (nSPS) is 17.9. The maximum absolute atomic E-state index is 12.9. The number of hydrogen-bond acceptors (Lipinski definition) is 14. The van der Waals surface area contributed by atoms with Crippen molar-refractivity contribution in [1.29, 1.82) is 0 Å². The molecule has 4 aliphatic heterocycles. The maximum atomic E-state index is 12.9. The number of aliphatic hydroxyl groups is 1. The number of aliphatic hydroxyl groups excluding tert-OH is 1. The SMILES string of the molecule is CCN=C(NS(=O)(=O)c1ccc(N)cc1)N1CC2(C=N1)CCN(Cc1ccccc1)CC2.CCNCC.CO.CSC(=NS(=O)(=O)c1ccc(N)cc1)N1CC2(C=N1)CCN(Cc1ccccc1)CC2. The number of hydrazone groups is 2. The lowest BCUT2D eigenvalue weighted by Crippen LogP contribution is -2.46. The Morgan fingerprint density at radius 2 is 1.09 bits per heavy atom. The Labute approximate surface area is 420 Å². The summed E-state index contributed by atoms with van der Waals surface area (Å²) in [6.45, 7) is 15.8. The average Bonchev–Trinajstić information content (AvgIpc) is 3.99. The van der Waals surface area contributed by atoms with Crippen LogP contribution in [-0.4, -0.2) is 138 Å². The number of nitrogens with two attached hydrogens (primary N) is 2. The van der Waals surface area contributed by atoms with Crippen molar-refractivity contribution in [3.63, 3.8) is 0 Å². The monoisotopic (exact) mass is 1020 g/mol. The van der Waals surface area contributed by atoms with Gasteiger partial charge in [-0.25, -0.2) is 23.2 Å². The molecule has 0 aromatic heterocycles. The highest BCUT2D eigenvalue weighted by Crippen LogP contribution is 2.37. The Balaban J connectivity index is 0.000000231. The molecule has 380 valence electrons. The summed E-state index contributed by atoms with van der Waals surface area (Å²) >= 11 is 1.29. The van der Waals surface area contributed by atoms with Crippen molar-refractivity contribution in [3.05, 3.63) is 120 Å². The van der Waals surface area contributed by atoms with E-state index in [-0.39, 0.29) is 26.6 Å². The predicted octanol–water partition coefficient (Wildman–Crippen LogP) is 5.99. The summed E-state index contributed by atoms with van der Waals surface area (Å²) in [6.07, 6.45) is 9.73. The summed E-state index contributed by atoms with van der Waals surface area (Å²) in [4.78, 5) is 9.58. The first-order valence-corrected chi connectivity index (χ1v) is 27.9. The van der Waals surface area contributed by atoms with Gasteiger partial charge in [-0.1, -0.05) is 86.3 Å². The molecule has 70 heavy (non-hydrogen) atoms. The Hall–Kier alpha value is -5.35. The predicted molar refractivity (Wildman–Crippen MR) is 288 cm³/mol. The zero-order chi connectivity index (χ0) is 50.6. The number of thioether (sulfide) groups is 1. The molecule has 2 spiro atoms. The van der Waals surface area contributed by atoms with E-state index in [0.717, 1.165) is 85.2 Å². The van der Waals surface area contributed by atoms with Crippen molar-refractivity contribution >= 4 is 66.7 Å². The fourth-order valence-electron chi connectivity index (χ4n) is 8.34. The molecule has 0 radical (unpaired) electrons. The van der Waals surface area contributed by atoms with E-state index in [9.17, 15) is 16.8 Å². The van der Waals surface area contributed by atoms with E-state index >= 15 is 0 Å². The molecule has 0 saturated carbocycles. The largest absolute Gasteiger partial charge is 0.400 e. The van der Waals surface area contributed by atoms with Gasteiger partial charge in [-0.05, 0) is 138 Å². The van der Waals surface area contributed by atoms with Crippen LogP contribution in [0.2, 0.25) is 0 Å². The van der Waals surface area contributed by atoms with E-state index in [1.54, 1.807) is 34.3 Å². The number of piperidine rings is 2. The van der Waals surface area contributed by atoms with E-state index < -0.39 is 20.0 Å². The van der Waals surface area contributed by atoms with E-state index in [0.29, 0.717) is 36.2 Å². The molecular formula is C50H72N12O5S3. The number of nitrogens with one attached hydrogen (secondary N) is 2.